The molecule has 29 heavy (non-hydrogen) atoms. The fourth-order valence-electron chi connectivity index (χ4n) is 4.83. The molecule has 5 nitrogen and oxygen atoms in total. The molecule has 1 saturated carbocycles. The molecule has 1 aromatic carbocycles. The lowest BCUT2D eigenvalue weighted by atomic mass is 9.85. The van der Waals surface area contributed by atoms with Gasteiger partial charge in [-0.15, -0.1) is 0 Å². The average Bonchev–Trinajstić information content (AvgIpc) is 2.91. The summed E-state index contributed by atoms with van der Waals surface area (Å²) in [7, 11) is 0. The summed E-state index contributed by atoms with van der Waals surface area (Å²) in [5.41, 5.74) is 4.64. The number of benzene rings is 1. The Morgan fingerprint density at radius 2 is 1.72 bits per heavy atom. The topological polar surface area (TPSA) is 61.8 Å². The van der Waals surface area contributed by atoms with Crippen LogP contribution in [0.1, 0.15) is 61.8 Å². The lowest BCUT2D eigenvalue weighted by molar-refractivity contribution is -0.223. The molecule has 0 unspecified atom stereocenters. The lowest BCUT2D eigenvalue weighted by Gasteiger charge is -2.27. The molecule has 1 aromatic rings. The number of rotatable bonds is 6. The van der Waals surface area contributed by atoms with Gasteiger partial charge >= 0.3 is 5.97 Å². The first-order chi connectivity index (χ1) is 13.9. The van der Waals surface area contributed by atoms with Gasteiger partial charge in [0.05, 0.1) is 25.7 Å². The maximum Gasteiger partial charge on any atom is 0.309 e. The number of carbonyl (C=O) groups is 2. The summed E-state index contributed by atoms with van der Waals surface area (Å²) in [4.78, 5) is 26.1. The Morgan fingerprint density at radius 1 is 1.07 bits per heavy atom. The van der Waals surface area contributed by atoms with E-state index < -0.39 is 17.6 Å². The smallest absolute Gasteiger partial charge is 0.309 e. The van der Waals surface area contributed by atoms with E-state index in [-0.39, 0.29) is 11.8 Å². The summed E-state index contributed by atoms with van der Waals surface area (Å²) in [6.07, 6.45) is 3.93. The van der Waals surface area contributed by atoms with Crippen LogP contribution in [0, 0.1) is 25.7 Å². The quantitative estimate of drug-likeness (QED) is 0.671. The third-order valence-corrected chi connectivity index (χ3v) is 6.26. The van der Waals surface area contributed by atoms with Crippen LogP contribution in [0.2, 0.25) is 0 Å². The molecule has 1 aliphatic heterocycles. The Kier molecular flexibility index (Phi) is 7.12. The predicted octanol–water partition coefficient (Wildman–Crippen LogP) is 4.09. The SMILES string of the molecule is CCOC(=O)[C@@H]1CC2(C[C@H]1C(=O)Cc1c(C)cc(C)cc1CC)OCCCCO2. The molecule has 0 radical (unpaired) electrons. The fourth-order valence-corrected chi connectivity index (χ4v) is 4.83. The van der Waals surface area contributed by atoms with E-state index in [2.05, 4.69) is 32.9 Å². The number of carbonyl (C=O) groups excluding carboxylic acids is 2. The van der Waals surface area contributed by atoms with Crippen molar-refractivity contribution in [3.8, 4) is 0 Å². The Morgan fingerprint density at radius 3 is 2.34 bits per heavy atom. The van der Waals surface area contributed by atoms with Gasteiger partial charge in [0.15, 0.2) is 5.79 Å². The van der Waals surface area contributed by atoms with E-state index >= 15 is 0 Å². The summed E-state index contributed by atoms with van der Waals surface area (Å²) in [5, 5.41) is 0. The molecule has 0 amide bonds. The number of esters is 1. The number of hydrogen-bond acceptors (Lipinski definition) is 5. The first-order valence-electron chi connectivity index (χ1n) is 11.0. The van der Waals surface area contributed by atoms with Crippen molar-refractivity contribution in [2.24, 2.45) is 11.8 Å². The zero-order chi connectivity index (χ0) is 21.0. The van der Waals surface area contributed by atoms with Gasteiger partial charge in [-0.25, -0.2) is 0 Å². The largest absolute Gasteiger partial charge is 0.466 e. The molecule has 0 bridgehead atoms. The van der Waals surface area contributed by atoms with Crippen molar-refractivity contribution in [1.29, 1.82) is 0 Å². The Labute approximate surface area is 174 Å². The molecule has 1 heterocycles. The summed E-state index contributed by atoms with van der Waals surface area (Å²) < 4.78 is 17.4. The highest BCUT2D eigenvalue weighted by Gasteiger charge is 2.53. The van der Waals surface area contributed by atoms with Crippen LogP contribution in [0.3, 0.4) is 0 Å². The van der Waals surface area contributed by atoms with Crippen LogP contribution in [0.15, 0.2) is 12.1 Å². The van der Waals surface area contributed by atoms with Crippen molar-refractivity contribution >= 4 is 11.8 Å². The second kappa shape index (κ2) is 9.40. The number of ether oxygens (including phenoxy) is 3. The number of aryl methyl sites for hydroxylation is 3. The van der Waals surface area contributed by atoms with Crippen LogP contribution >= 0.6 is 0 Å². The van der Waals surface area contributed by atoms with Crippen LogP contribution in [-0.4, -0.2) is 37.4 Å². The highest BCUT2D eigenvalue weighted by Crippen LogP contribution is 2.45. The summed E-state index contributed by atoms with van der Waals surface area (Å²) in [5.74, 6) is -1.99. The first-order valence-corrected chi connectivity index (χ1v) is 11.0. The van der Waals surface area contributed by atoms with Gasteiger partial charge in [-0.1, -0.05) is 24.6 Å². The van der Waals surface area contributed by atoms with Crippen molar-refractivity contribution in [3.05, 3.63) is 34.4 Å². The van der Waals surface area contributed by atoms with Gasteiger partial charge < -0.3 is 14.2 Å². The van der Waals surface area contributed by atoms with Crippen LogP contribution in [0.5, 0.6) is 0 Å². The normalized spacial score (nSPS) is 23.7. The summed E-state index contributed by atoms with van der Waals surface area (Å²) in [6.45, 7) is 9.56. The second-order valence-corrected chi connectivity index (χ2v) is 8.40. The molecule has 160 valence electrons. The lowest BCUT2D eigenvalue weighted by Crippen LogP contribution is -2.33. The summed E-state index contributed by atoms with van der Waals surface area (Å²) >= 11 is 0. The Hall–Kier alpha value is -1.72. The van der Waals surface area contributed by atoms with Crippen molar-refractivity contribution in [2.45, 2.75) is 72.0 Å². The van der Waals surface area contributed by atoms with E-state index in [0.717, 1.165) is 30.4 Å². The van der Waals surface area contributed by atoms with Crippen LogP contribution < -0.4 is 0 Å². The number of ketones is 1. The predicted molar refractivity (Wildman–Crippen MR) is 111 cm³/mol. The van der Waals surface area contributed by atoms with Crippen molar-refractivity contribution in [3.63, 3.8) is 0 Å². The summed E-state index contributed by atoms with van der Waals surface area (Å²) in [6, 6.07) is 4.28. The monoisotopic (exact) mass is 402 g/mol. The molecular weight excluding hydrogens is 368 g/mol. The highest BCUT2D eigenvalue weighted by atomic mass is 16.7. The minimum Gasteiger partial charge on any atom is -0.466 e. The first kappa shape index (κ1) is 22.0. The Balaban J connectivity index is 1.85. The minimum absolute atomic E-state index is 0.0815. The Bertz CT molecular complexity index is 746. The van der Waals surface area contributed by atoms with Gasteiger partial charge in [0.2, 0.25) is 0 Å². The van der Waals surface area contributed by atoms with Crippen LogP contribution in [0.4, 0.5) is 0 Å². The zero-order valence-electron chi connectivity index (χ0n) is 18.2. The van der Waals surface area contributed by atoms with E-state index in [1.165, 1.54) is 11.1 Å². The van der Waals surface area contributed by atoms with E-state index in [9.17, 15) is 9.59 Å². The maximum absolute atomic E-state index is 13.4. The van der Waals surface area contributed by atoms with Crippen molar-refractivity contribution in [1.82, 2.24) is 0 Å². The van der Waals surface area contributed by atoms with Gasteiger partial charge in [0, 0.05) is 25.2 Å². The van der Waals surface area contributed by atoms with Crippen LogP contribution in [-0.2, 0) is 36.6 Å². The van der Waals surface area contributed by atoms with E-state index in [1.807, 2.05) is 0 Å². The van der Waals surface area contributed by atoms with E-state index in [0.29, 0.717) is 39.1 Å². The average molecular weight is 403 g/mol. The fraction of sp³-hybridized carbons (Fsp3) is 0.667. The van der Waals surface area contributed by atoms with Gasteiger partial charge in [-0.05, 0) is 56.7 Å². The van der Waals surface area contributed by atoms with Crippen LogP contribution in [0.25, 0.3) is 0 Å². The van der Waals surface area contributed by atoms with E-state index in [1.54, 1.807) is 6.92 Å². The molecule has 1 spiro atoms. The van der Waals surface area contributed by atoms with Crippen molar-refractivity contribution in [2.75, 3.05) is 19.8 Å². The van der Waals surface area contributed by atoms with Gasteiger partial charge in [0.1, 0.15) is 5.78 Å². The minimum atomic E-state index is -0.829. The third-order valence-electron chi connectivity index (χ3n) is 6.26. The molecule has 3 rings (SSSR count). The molecule has 0 aromatic heterocycles. The molecule has 0 N–H and O–H groups in total. The van der Waals surface area contributed by atoms with Gasteiger partial charge in [0.25, 0.3) is 0 Å². The molecule has 2 fully saturated rings. The zero-order valence-corrected chi connectivity index (χ0v) is 18.2. The second-order valence-electron chi connectivity index (χ2n) is 8.40. The number of Topliss-reactive ketones (excluding diaryl/α,β-unsaturated/α-hetero) is 1. The molecule has 2 aliphatic rings. The van der Waals surface area contributed by atoms with Crippen molar-refractivity contribution < 1.29 is 23.8 Å². The molecule has 5 heteroatoms. The van der Waals surface area contributed by atoms with E-state index in [4.69, 9.17) is 14.2 Å². The molecule has 2 atom stereocenters. The molecule has 1 aliphatic carbocycles. The molecule has 1 saturated heterocycles. The molecular formula is C24H34O5. The van der Waals surface area contributed by atoms with Gasteiger partial charge in [-0.3, -0.25) is 9.59 Å². The highest BCUT2D eigenvalue weighted by molar-refractivity contribution is 5.89. The maximum atomic E-state index is 13.4. The standard InChI is InChI=1S/C24H34O5/c1-5-18-12-16(3)11-17(4)19(18)13-22(25)20-14-24(28-9-7-8-10-29-24)15-21(20)23(26)27-6-2/h11-12,20-21H,5-10,13-15H2,1-4H3/t20-,21-/m1/s1. The third kappa shape index (κ3) is 4.89. The van der Waals surface area contributed by atoms with Gasteiger partial charge in [-0.2, -0.15) is 0 Å². The number of hydrogen-bond donors (Lipinski definition) is 0.